The number of fused-ring (bicyclic) bond motifs is 3. The highest BCUT2D eigenvalue weighted by Gasteiger charge is 2.59. The van der Waals surface area contributed by atoms with Gasteiger partial charge in [-0.05, 0) is 57.3 Å². The van der Waals surface area contributed by atoms with Crippen LogP contribution in [-0.4, -0.2) is 109 Å². The molecule has 40 heavy (non-hydrogen) atoms. The number of hydrogen-bond donors (Lipinski definition) is 4. The number of likely N-dealkylation sites (N-methyl/N-ethyl adjacent to an activating group) is 2. The summed E-state index contributed by atoms with van der Waals surface area (Å²) in [6.45, 7) is 1.45. The van der Waals surface area contributed by atoms with Gasteiger partial charge in [-0.2, -0.15) is 0 Å². The molecule has 218 valence electrons. The maximum Gasteiger partial charge on any atom is 0.337 e. The minimum Gasteiger partial charge on any atom is -0.511 e. The molecule has 0 aliphatic heterocycles. The van der Waals surface area contributed by atoms with Crippen LogP contribution in [0.25, 0.3) is 0 Å². The molecule has 0 aromatic carbocycles. The number of aliphatic hydroxyl groups is 3. The number of ether oxygens (including phenoxy) is 2. The molecule has 0 saturated heterocycles. The van der Waals surface area contributed by atoms with E-state index in [0.717, 1.165) is 0 Å². The first-order valence-electron chi connectivity index (χ1n) is 13.1. The Balaban J connectivity index is 1.86. The molecule has 1 saturated carbocycles. The molecular weight excluding hydrogens is 522 g/mol. The molecule has 0 radical (unpaired) electrons. The number of methoxy groups -OCH3 is 1. The third kappa shape index (κ3) is 4.43. The van der Waals surface area contributed by atoms with Crippen molar-refractivity contribution >= 4 is 23.4 Å². The van der Waals surface area contributed by atoms with Gasteiger partial charge in [0.05, 0.1) is 30.1 Å². The molecule has 0 heterocycles. The van der Waals surface area contributed by atoms with Gasteiger partial charge in [0.1, 0.15) is 29.3 Å². The van der Waals surface area contributed by atoms with Crippen LogP contribution in [0.2, 0.25) is 0 Å². The number of rotatable bonds is 7. The summed E-state index contributed by atoms with van der Waals surface area (Å²) in [5, 5.41) is 34.1. The fraction of sp³-hybridized carbons (Fsp3) is 0.571. The van der Waals surface area contributed by atoms with Crippen LogP contribution in [0.3, 0.4) is 0 Å². The number of Topliss-reactive ketones (excluding diaryl/α,β-unsaturated/α-hetero) is 2. The largest absolute Gasteiger partial charge is 0.511 e. The molecule has 0 aromatic rings. The summed E-state index contributed by atoms with van der Waals surface area (Å²) in [5.74, 6) is -8.02. The molecule has 5 N–H and O–H groups in total. The van der Waals surface area contributed by atoms with Crippen molar-refractivity contribution in [1.29, 1.82) is 0 Å². The molecule has 1 fully saturated rings. The SMILES string of the molecule is COCCOC(=O)C1=CC(N(C)C)=C2CC3CC4C(C(=O)C(C(N)=O)=C(O)[C@H]4N(C)C)C(O)=C3C(=O)C2C1(C)O. The quantitative estimate of drug-likeness (QED) is 0.189. The third-order valence-electron chi connectivity index (χ3n) is 8.52. The van der Waals surface area contributed by atoms with Crippen LogP contribution in [0.1, 0.15) is 19.8 Å². The van der Waals surface area contributed by atoms with Crippen molar-refractivity contribution in [1.82, 2.24) is 9.80 Å². The summed E-state index contributed by atoms with van der Waals surface area (Å²) in [6.07, 6.45) is 2.02. The summed E-state index contributed by atoms with van der Waals surface area (Å²) >= 11 is 0. The van der Waals surface area contributed by atoms with E-state index < -0.39 is 75.8 Å². The van der Waals surface area contributed by atoms with Crippen molar-refractivity contribution in [2.24, 2.45) is 29.4 Å². The van der Waals surface area contributed by atoms with Crippen molar-refractivity contribution in [2.45, 2.75) is 31.4 Å². The number of carbonyl (C=O) groups excluding carboxylic acids is 4. The highest BCUT2D eigenvalue weighted by molar-refractivity contribution is 6.21. The molecule has 4 aliphatic rings. The fourth-order valence-corrected chi connectivity index (χ4v) is 6.86. The molecule has 12 heteroatoms. The normalized spacial score (nSPS) is 32.0. The van der Waals surface area contributed by atoms with Crippen LogP contribution in [0.5, 0.6) is 0 Å². The fourth-order valence-electron chi connectivity index (χ4n) is 6.86. The second-order valence-electron chi connectivity index (χ2n) is 11.4. The second kappa shape index (κ2) is 10.5. The Bertz CT molecular complexity index is 1290. The smallest absolute Gasteiger partial charge is 0.337 e. The number of nitrogens with two attached hydrogens (primary N) is 1. The number of nitrogens with zero attached hydrogens (tertiary/aromatic N) is 2. The maximum absolute atomic E-state index is 14.2. The lowest BCUT2D eigenvalue weighted by molar-refractivity contribution is -0.144. The van der Waals surface area contributed by atoms with E-state index in [2.05, 4.69) is 0 Å². The molecule has 5 unspecified atom stereocenters. The number of amides is 1. The lowest BCUT2D eigenvalue weighted by atomic mass is 9.56. The maximum atomic E-state index is 14.2. The average molecular weight is 560 g/mol. The molecule has 12 nitrogen and oxygen atoms in total. The molecule has 0 spiro atoms. The van der Waals surface area contributed by atoms with E-state index in [9.17, 15) is 34.5 Å². The average Bonchev–Trinajstić information content (AvgIpc) is 2.82. The highest BCUT2D eigenvalue weighted by atomic mass is 16.6. The summed E-state index contributed by atoms with van der Waals surface area (Å²) in [4.78, 5) is 56.1. The Morgan fingerprint density at radius 2 is 1.75 bits per heavy atom. The minimum absolute atomic E-state index is 0.0153. The second-order valence-corrected chi connectivity index (χ2v) is 11.4. The summed E-state index contributed by atoms with van der Waals surface area (Å²) in [7, 11) is 8.31. The molecule has 0 aromatic heterocycles. The van der Waals surface area contributed by atoms with Gasteiger partial charge in [0.15, 0.2) is 11.6 Å². The number of aliphatic hydroxyl groups excluding tert-OH is 2. The minimum atomic E-state index is -1.98. The van der Waals surface area contributed by atoms with Crippen LogP contribution < -0.4 is 5.73 Å². The van der Waals surface area contributed by atoms with E-state index in [0.29, 0.717) is 11.3 Å². The van der Waals surface area contributed by atoms with Crippen molar-refractivity contribution in [2.75, 3.05) is 48.5 Å². The zero-order valence-corrected chi connectivity index (χ0v) is 23.6. The van der Waals surface area contributed by atoms with Crippen LogP contribution in [0.4, 0.5) is 0 Å². The Hall–Kier alpha value is -3.48. The molecule has 0 bridgehead atoms. The lowest BCUT2D eigenvalue weighted by Crippen LogP contribution is -2.56. The van der Waals surface area contributed by atoms with Crippen LogP contribution in [0.15, 0.2) is 45.6 Å². The van der Waals surface area contributed by atoms with Crippen molar-refractivity contribution in [3.05, 3.63) is 45.6 Å². The zero-order chi connectivity index (χ0) is 29.8. The van der Waals surface area contributed by atoms with Gasteiger partial charge in [-0.25, -0.2) is 4.79 Å². The van der Waals surface area contributed by atoms with Gasteiger partial charge in [0, 0.05) is 32.5 Å². The summed E-state index contributed by atoms with van der Waals surface area (Å²) < 4.78 is 10.2. The molecule has 1 amide bonds. The predicted octanol–water partition coefficient (Wildman–Crippen LogP) is 0.146. The Morgan fingerprint density at radius 1 is 1.10 bits per heavy atom. The zero-order valence-electron chi connectivity index (χ0n) is 23.6. The van der Waals surface area contributed by atoms with Gasteiger partial charge in [-0.3, -0.25) is 19.3 Å². The number of carbonyl (C=O) groups is 4. The number of esters is 1. The van der Waals surface area contributed by atoms with Crippen molar-refractivity contribution < 1.29 is 44.0 Å². The monoisotopic (exact) mass is 559 g/mol. The van der Waals surface area contributed by atoms with E-state index in [1.165, 1.54) is 20.1 Å². The predicted molar refractivity (Wildman–Crippen MR) is 141 cm³/mol. The van der Waals surface area contributed by atoms with E-state index in [1.807, 2.05) is 0 Å². The highest BCUT2D eigenvalue weighted by Crippen LogP contribution is 2.54. The molecule has 4 rings (SSSR count). The van der Waals surface area contributed by atoms with Gasteiger partial charge >= 0.3 is 5.97 Å². The van der Waals surface area contributed by atoms with Gasteiger partial charge < -0.3 is 35.4 Å². The van der Waals surface area contributed by atoms with Crippen molar-refractivity contribution in [3.63, 3.8) is 0 Å². The first-order chi connectivity index (χ1) is 18.7. The van der Waals surface area contributed by atoms with E-state index in [4.69, 9.17) is 15.2 Å². The summed E-state index contributed by atoms with van der Waals surface area (Å²) in [6, 6.07) is -0.799. The standard InChI is InChI=1S/C28H37N3O9/c1-28(38)15(27(37)40-8-7-39-6)11-16(30(2)3)13-9-12-10-14-18(22(32)17(12)24(34)20(13)28)23(33)19(26(29)36)25(35)21(14)31(4)5/h11-12,14,18,20-21,32,35,38H,7-10H2,1-6H3,(H2,29,36)/t12?,14?,18?,20?,21-,28?/m0/s1. The number of hydrogen-bond acceptors (Lipinski definition) is 11. The first kappa shape index (κ1) is 29.5. The van der Waals surface area contributed by atoms with Crippen LogP contribution >= 0.6 is 0 Å². The number of allylic oxidation sites excluding steroid dienone is 3. The molecular formula is C28H37N3O9. The van der Waals surface area contributed by atoms with Crippen LogP contribution in [-0.2, 0) is 28.7 Å². The Morgan fingerprint density at radius 3 is 2.30 bits per heavy atom. The van der Waals surface area contributed by atoms with Gasteiger partial charge in [0.2, 0.25) is 0 Å². The van der Waals surface area contributed by atoms with Gasteiger partial charge in [-0.1, -0.05) is 0 Å². The van der Waals surface area contributed by atoms with E-state index in [-0.39, 0.29) is 37.2 Å². The van der Waals surface area contributed by atoms with E-state index >= 15 is 0 Å². The molecule has 4 aliphatic carbocycles. The summed E-state index contributed by atoms with van der Waals surface area (Å²) in [5.41, 5.74) is 3.87. The number of primary amides is 1. The van der Waals surface area contributed by atoms with Crippen LogP contribution in [0, 0.1) is 23.7 Å². The van der Waals surface area contributed by atoms with Gasteiger partial charge in [0.25, 0.3) is 5.91 Å². The lowest BCUT2D eigenvalue weighted by Gasteiger charge is -2.49. The van der Waals surface area contributed by atoms with Gasteiger partial charge in [-0.15, -0.1) is 0 Å². The number of ketones is 2. The third-order valence-corrected chi connectivity index (χ3v) is 8.52. The Kier molecular flexibility index (Phi) is 7.74. The van der Waals surface area contributed by atoms with E-state index in [1.54, 1.807) is 38.0 Å². The first-order valence-corrected chi connectivity index (χ1v) is 13.1. The van der Waals surface area contributed by atoms with Crippen molar-refractivity contribution in [3.8, 4) is 0 Å². The topological polar surface area (TPSA) is 180 Å². The Labute approximate surface area is 232 Å². The molecule has 6 atom stereocenters.